The highest BCUT2D eigenvalue weighted by Crippen LogP contribution is 2.24. The number of para-hydroxylation sites is 2. The lowest BCUT2D eigenvalue weighted by molar-refractivity contribution is -0.115. The van der Waals surface area contributed by atoms with Crippen molar-refractivity contribution in [2.45, 2.75) is 13.3 Å². The Bertz CT molecular complexity index is 677. The summed E-state index contributed by atoms with van der Waals surface area (Å²) in [6, 6.07) is 14.8. The molecular weight excluding hydrogens is 290 g/mol. The smallest absolute Gasteiger partial charge is 0.228 e. The van der Waals surface area contributed by atoms with E-state index in [1.165, 1.54) is 0 Å². The second-order valence-electron chi connectivity index (χ2n) is 5.31. The quantitative estimate of drug-likeness (QED) is 0.791. The minimum absolute atomic E-state index is 0.0958. The molecule has 120 valence electrons. The van der Waals surface area contributed by atoms with E-state index in [2.05, 4.69) is 11.9 Å². The molecule has 0 heterocycles. The van der Waals surface area contributed by atoms with E-state index in [1.807, 2.05) is 55.5 Å². The summed E-state index contributed by atoms with van der Waals surface area (Å²) in [6.07, 6.45) is 0.290. The molecule has 4 heteroatoms. The average molecular weight is 311 g/mol. The molecule has 1 N–H and O–H groups in total. The van der Waals surface area contributed by atoms with Gasteiger partial charge in [0.1, 0.15) is 18.1 Å². The zero-order chi connectivity index (χ0) is 16.7. The van der Waals surface area contributed by atoms with Crippen LogP contribution in [0.2, 0.25) is 0 Å². The predicted octanol–water partition coefficient (Wildman–Crippen LogP) is 3.83. The molecule has 0 aliphatic carbocycles. The number of carbonyl (C=O) groups is 1. The zero-order valence-electron chi connectivity index (χ0n) is 13.5. The van der Waals surface area contributed by atoms with Crippen LogP contribution in [0.5, 0.6) is 11.5 Å². The van der Waals surface area contributed by atoms with Gasteiger partial charge in [0.25, 0.3) is 0 Å². The second-order valence-corrected chi connectivity index (χ2v) is 5.31. The first-order chi connectivity index (χ1) is 11.1. The molecule has 2 rings (SSSR count). The molecule has 0 spiro atoms. The van der Waals surface area contributed by atoms with Crippen LogP contribution >= 0.6 is 0 Å². The van der Waals surface area contributed by atoms with Crippen LogP contribution < -0.4 is 14.8 Å². The van der Waals surface area contributed by atoms with Crippen LogP contribution in [0.25, 0.3) is 0 Å². The standard InChI is InChI=1S/C19H21NO3/c1-14(2)13-23-18-7-5-4-6-17(18)20-19(21)12-15-8-10-16(22-3)11-9-15/h4-11H,1,12-13H2,2-3H3,(H,20,21). The number of amides is 1. The van der Waals surface area contributed by atoms with Crippen molar-refractivity contribution in [1.82, 2.24) is 0 Å². The third-order valence-corrected chi connectivity index (χ3v) is 3.16. The summed E-state index contributed by atoms with van der Waals surface area (Å²) in [6.45, 7) is 6.12. The highest BCUT2D eigenvalue weighted by atomic mass is 16.5. The first-order valence-electron chi connectivity index (χ1n) is 7.37. The Hall–Kier alpha value is -2.75. The molecule has 0 aliphatic heterocycles. The molecule has 0 aromatic heterocycles. The average Bonchev–Trinajstić information content (AvgIpc) is 2.54. The molecule has 1 amide bonds. The van der Waals surface area contributed by atoms with Gasteiger partial charge in [-0.15, -0.1) is 0 Å². The second kappa shape index (κ2) is 8.03. The molecule has 4 nitrogen and oxygen atoms in total. The van der Waals surface area contributed by atoms with Gasteiger partial charge in [-0.2, -0.15) is 0 Å². The summed E-state index contributed by atoms with van der Waals surface area (Å²) in [7, 11) is 1.61. The minimum atomic E-state index is -0.0958. The van der Waals surface area contributed by atoms with Gasteiger partial charge in [0.15, 0.2) is 0 Å². The van der Waals surface area contributed by atoms with Gasteiger partial charge in [0.05, 0.1) is 19.2 Å². The normalized spacial score (nSPS) is 10.0. The third kappa shape index (κ3) is 5.18. The zero-order valence-corrected chi connectivity index (χ0v) is 13.5. The van der Waals surface area contributed by atoms with E-state index in [9.17, 15) is 4.79 Å². The number of ether oxygens (including phenoxy) is 2. The first kappa shape index (κ1) is 16.6. The predicted molar refractivity (Wildman–Crippen MR) is 92.1 cm³/mol. The van der Waals surface area contributed by atoms with E-state index < -0.39 is 0 Å². The summed E-state index contributed by atoms with van der Waals surface area (Å²) in [5.41, 5.74) is 2.50. The van der Waals surface area contributed by atoms with Crippen molar-refractivity contribution in [3.05, 3.63) is 66.2 Å². The van der Waals surface area contributed by atoms with Crippen molar-refractivity contribution in [2.75, 3.05) is 19.0 Å². The summed E-state index contributed by atoms with van der Waals surface area (Å²) >= 11 is 0. The van der Waals surface area contributed by atoms with Crippen molar-refractivity contribution >= 4 is 11.6 Å². The molecule has 0 radical (unpaired) electrons. The van der Waals surface area contributed by atoms with Gasteiger partial charge < -0.3 is 14.8 Å². The number of benzene rings is 2. The highest BCUT2D eigenvalue weighted by Gasteiger charge is 2.08. The maximum Gasteiger partial charge on any atom is 0.228 e. The fourth-order valence-corrected chi connectivity index (χ4v) is 2.02. The number of carbonyl (C=O) groups excluding carboxylic acids is 1. The van der Waals surface area contributed by atoms with Gasteiger partial charge in [0.2, 0.25) is 5.91 Å². The molecule has 0 atom stereocenters. The molecule has 0 fully saturated rings. The number of methoxy groups -OCH3 is 1. The number of anilines is 1. The summed E-state index contributed by atoms with van der Waals surface area (Å²) in [5, 5.41) is 2.89. The summed E-state index contributed by atoms with van der Waals surface area (Å²) in [5.74, 6) is 1.31. The van der Waals surface area contributed by atoms with Gasteiger partial charge in [-0.05, 0) is 42.3 Å². The van der Waals surface area contributed by atoms with Crippen molar-refractivity contribution < 1.29 is 14.3 Å². The summed E-state index contributed by atoms with van der Waals surface area (Å²) in [4.78, 5) is 12.2. The molecule has 0 saturated heterocycles. The molecule has 0 unspecified atom stereocenters. The van der Waals surface area contributed by atoms with Gasteiger partial charge in [-0.25, -0.2) is 0 Å². The molecule has 2 aromatic carbocycles. The SMILES string of the molecule is C=C(C)COc1ccccc1NC(=O)Cc1ccc(OC)cc1. The lowest BCUT2D eigenvalue weighted by atomic mass is 10.1. The van der Waals surface area contributed by atoms with Crippen molar-refractivity contribution in [2.24, 2.45) is 0 Å². The Labute approximate surface area is 136 Å². The largest absolute Gasteiger partial charge is 0.497 e. The van der Waals surface area contributed by atoms with Crippen molar-refractivity contribution in [3.63, 3.8) is 0 Å². The van der Waals surface area contributed by atoms with E-state index in [0.29, 0.717) is 24.5 Å². The van der Waals surface area contributed by atoms with Crippen LogP contribution in [-0.2, 0) is 11.2 Å². The molecular formula is C19H21NO3. The maximum absolute atomic E-state index is 12.2. The van der Waals surface area contributed by atoms with Crippen molar-refractivity contribution in [3.8, 4) is 11.5 Å². The Morgan fingerprint density at radius 2 is 1.83 bits per heavy atom. The lowest BCUT2D eigenvalue weighted by Crippen LogP contribution is -2.15. The minimum Gasteiger partial charge on any atom is -0.497 e. The van der Waals surface area contributed by atoms with E-state index in [-0.39, 0.29) is 5.91 Å². The maximum atomic E-state index is 12.2. The summed E-state index contributed by atoms with van der Waals surface area (Å²) < 4.78 is 10.8. The lowest BCUT2D eigenvalue weighted by Gasteiger charge is -2.12. The Morgan fingerprint density at radius 1 is 1.13 bits per heavy atom. The first-order valence-corrected chi connectivity index (χ1v) is 7.37. The third-order valence-electron chi connectivity index (χ3n) is 3.16. The Balaban J connectivity index is 2.00. The monoisotopic (exact) mass is 311 g/mol. The highest BCUT2D eigenvalue weighted by molar-refractivity contribution is 5.93. The van der Waals surface area contributed by atoms with Gasteiger partial charge in [0, 0.05) is 0 Å². The van der Waals surface area contributed by atoms with Crippen LogP contribution in [0.1, 0.15) is 12.5 Å². The molecule has 0 saturated carbocycles. The molecule has 0 aliphatic rings. The van der Waals surface area contributed by atoms with Gasteiger partial charge in [-0.3, -0.25) is 4.79 Å². The number of hydrogen-bond acceptors (Lipinski definition) is 3. The fourth-order valence-electron chi connectivity index (χ4n) is 2.02. The number of rotatable bonds is 7. The van der Waals surface area contributed by atoms with E-state index >= 15 is 0 Å². The van der Waals surface area contributed by atoms with Crippen LogP contribution in [0.4, 0.5) is 5.69 Å². The van der Waals surface area contributed by atoms with Crippen LogP contribution in [0.15, 0.2) is 60.7 Å². The van der Waals surface area contributed by atoms with E-state index in [0.717, 1.165) is 16.9 Å². The van der Waals surface area contributed by atoms with Crippen LogP contribution in [-0.4, -0.2) is 19.6 Å². The fraction of sp³-hybridized carbons (Fsp3) is 0.211. The van der Waals surface area contributed by atoms with Crippen LogP contribution in [0.3, 0.4) is 0 Å². The van der Waals surface area contributed by atoms with E-state index in [1.54, 1.807) is 7.11 Å². The van der Waals surface area contributed by atoms with Gasteiger partial charge in [-0.1, -0.05) is 30.8 Å². The Kier molecular flexibility index (Phi) is 5.80. The van der Waals surface area contributed by atoms with Gasteiger partial charge >= 0.3 is 0 Å². The van der Waals surface area contributed by atoms with E-state index in [4.69, 9.17) is 9.47 Å². The Morgan fingerprint density at radius 3 is 2.48 bits per heavy atom. The molecule has 0 bridgehead atoms. The topological polar surface area (TPSA) is 47.6 Å². The van der Waals surface area contributed by atoms with Crippen molar-refractivity contribution in [1.29, 1.82) is 0 Å². The number of nitrogens with one attached hydrogen (secondary N) is 1. The number of hydrogen-bond donors (Lipinski definition) is 1. The molecule has 23 heavy (non-hydrogen) atoms. The molecule has 2 aromatic rings. The van der Waals surface area contributed by atoms with Crippen LogP contribution in [0, 0.1) is 0 Å².